The Morgan fingerprint density at radius 1 is 1.06 bits per heavy atom. The van der Waals surface area contributed by atoms with E-state index in [2.05, 4.69) is 0 Å². The molecule has 2 aliphatic rings. The van der Waals surface area contributed by atoms with Crippen molar-refractivity contribution >= 4 is 0 Å². The number of hydrogen-bond donors (Lipinski definition) is 1. The van der Waals surface area contributed by atoms with Gasteiger partial charge in [0.1, 0.15) is 11.6 Å². The van der Waals surface area contributed by atoms with E-state index in [1.807, 2.05) is 0 Å². The van der Waals surface area contributed by atoms with Crippen LogP contribution in [0.5, 0.6) is 0 Å². The van der Waals surface area contributed by atoms with Crippen LogP contribution < -0.4 is 0 Å². The van der Waals surface area contributed by atoms with Crippen molar-refractivity contribution in [3.63, 3.8) is 0 Å². The highest BCUT2D eigenvalue weighted by molar-refractivity contribution is 5.23. The van der Waals surface area contributed by atoms with E-state index < -0.39 is 17.7 Å². The van der Waals surface area contributed by atoms with E-state index in [-0.39, 0.29) is 11.5 Å². The first-order chi connectivity index (χ1) is 8.16. The standard InChI is InChI=1S/C14H16F2O/c15-10-5-6-12(16)11(7-10)14(17)13(8-1-2-8)9-3-4-9/h5-9,13-14,17H,1-4H2. The molecule has 2 fully saturated rings. The second-order valence-corrected chi connectivity index (χ2v) is 5.36. The van der Waals surface area contributed by atoms with Crippen LogP contribution in [0.1, 0.15) is 37.4 Å². The van der Waals surface area contributed by atoms with Gasteiger partial charge >= 0.3 is 0 Å². The summed E-state index contributed by atoms with van der Waals surface area (Å²) in [5.74, 6) is 0.183. The molecule has 0 bridgehead atoms. The van der Waals surface area contributed by atoms with Crippen molar-refractivity contribution in [3.8, 4) is 0 Å². The Balaban J connectivity index is 1.88. The van der Waals surface area contributed by atoms with E-state index in [0.29, 0.717) is 11.8 Å². The molecule has 92 valence electrons. The van der Waals surface area contributed by atoms with Gasteiger partial charge in [0.15, 0.2) is 0 Å². The minimum atomic E-state index is -0.842. The van der Waals surface area contributed by atoms with Crippen molar-refractivity contribution in [3.05, 3.63) is 35.4 Å². The average molecular weight is 238 g/mol. The summed E-state index contributed by atoms with van der Waals surface area (Å²) in [4.78, 5) is 0. The molecule has 0 aromatic heterocycles. The number of rotatable bonds is 4. The van der Waals surface area contributed by atoms with E-state index in [4.69, 9.17) is 0 Å². The predicted octanol–water partition coefficient (Wildman–Crippen LogP) is 3.43. The van der Waals surface area contributed by atoms with Crippen LogP contribution in [-0.2, 0) is 0 Å². The zero-order chi connectivity index (χ0) is 12.0. The van der Waals surface area contributed by atoms with Gasteiger partial charge in [0, 0.05) is 5.56 Å². The first-order valence-corrected chi connectivity index (χ1v) is 6.30. The normalized spacial score (nSPS) is 21.9. The molecule has 0 heterocycles. The topological polar surface area (TPSA) is 20.2 Å². The second kappa shape index (κ2) is 4.05. The Morgan fingerprint density at radius 2 is 1.65 bits per heavy atom. The molecule has 1 aromatic carbocycles. The van der Waals surface area contributed by atoms with Crippen LogP contribution in [0.2, 0.25) is 0 Å². The lowest BCUT2D eigenvalue weighted by molar-refractivity contribution is 0.0785. The van der Waals surface area contributed by atoms with Gasteiger partial charge in [0.2, 0.25) is 0 Å². The molecule has 0 amide bonds. The number of benzene rings is 1. The summed E-state index contributed by atoms with van der Waals surface area (Å²) in [5, 5.41) is 10.3. The van der Waals surface area contributed by atoms with Crippen LogP contribution in [0.15, 0.2) is 18.2 Å². The quantitative estimate of drug-likeness (QED) is 0.852. The molecule has 2 saturated carbocycles. The Morgan fingerprint density at radius 3 is 2.18 bits per heavy atom. The molecular weight excluding hydrogens is 222 g/mol. The van der Waals surface area contributed by atoms with Gasteiger partial charge in [-0.25, -0.2) is 8.78 Å². The maximum absolute atomic E-state index is 13.6. The van der Waals surface area contributed by atoms with E-state index >= 15 is 0 Å². The van der Waals surface area contributed by atoms with Crippen molar-refractivity contribution in [1.29, 1.82) is 0 Å². The third-order valence-corrected chi connectivity index (χ3v) is 3.97. The third-order valence-electron chi connectivity index (χ3n) is 3.97. The Bertz CT molecular complexity index is 412. The van der Waals surface area contributed by atoms with Crippen LogP contribution >= 0.6 is 0 Å². The van der Waals surface area contributed by atoms with Crippen molar-refractivity contribution in [2.75, 3.05) is 0 Å². The minimum Gasteiger partial charge on any atom is -0.388 e. The van der Waals surface area contributed by atoms with E-state index in [1.165, 1.54) is 0 Å². The summed E-state index contributed by atoms with van der Waals surface area (Å²) in [7, 11) is 0. The molecule has 1 aromatic rings. The lowest BCUT2D eigenvalue weighted by Crippen LogP contribution is -2.18. The lowest BCUT2D eigenvalue weighted by Gasteiger charge is -2.23. The minimum absolute atomic E-state index is 0.131. The molecule has 0 aliphatic heterocycles. The van der Waals surface area contributed by atoms with Gasteiger partial charge in [-0.3, -0.25) is 0 Å². The molecule has 17 heavy (non-hydrogen) atoms. The largest absolute Gasteiger partial charge is 0.388 e. The molecule has 3 heteroatoms. The lowest BCUT2D eigenvalue weighted by atomic mass is 9.87. The van der Waals surface area contributed by atoms with Gasteiger partial charge in [0.05, 0.1) is 6.10 Å². The van der Waals surface area contributed by atoms with Crippen LogP contribution in [0, 0.1) is 29.4 Å². The van der Waals surface area contributed by atoms with E-state index in [9.17, 15) is 13.9 Å². The number of aliphatic hydroxyl groups excluding tert-OH is 1. The van der Waals surface area contributed by atoms with E-state index in [1.54, 1.807) is 0 Å². The van der Waals surface area contributed by atoms with Gasteiger partial charge < -0.3 is 5.11 Å². The molecule has 2 aliphatic carbocycles. The molecule has 1 atom stereocenters. The van der Waals surface area contributed by atoms with Gasteiger partial charge in [0.25, 0.3) is 0 Å². The van der Waals surface area contributed by atoms with Crippen LogP contribution in [-0.4, -0.2) is 5.11 Å². The smallest absolute Gasteiger partial charge is 0.129 e. The fraction of sp³-hybridized carbons (Fsp3) is 0.571. The molecular formula is C14H16F2O. The van der Waals surface area contributed by atoms with Crippen molar-refractivity contribution in [1.82, 2.24) is 0 Å². The maximum atomic E-state index is 13.6. The van der Waals surface area contributed by atoms with E-state index in [0.717, 1.165) is 43.9 Å². The predicted molar refractivity (Wildman–Crippen MR) is 60.3 cm³/mol. The maximum Gasteiger partial charge on any atom is 0.129 e. The van der Waals surface area contributed by atoms with Crippen molar-refractivity contribution < 1.29 is 13.9 Å². The van der Waals surface area contributed by atoms with Gasteiger partial charge in [-0.1, -0.05) is 0 Å². The summed E-state index contributed by atoms with van der Waals surface area (Å²) >= 11 is 0. The summed E-state index contributed by atoms with van der Waals surface area (Å²) in [5.41, 5.74) is 0.133. The summed E-state index contributed by atoms with van der Waals surface area (Å²) in [6.07, 6.45) is 3.64. The Hall–Kier alpha value is -0.960. The molecule has 1 nitrogen and oxygen atoms in total. The zero-order valence-corrected chi connectivity index (χ0v) is 9.57. The average Bonchev–Trinajstić information content (AvgIpc) is 3.13. The second-order valence-electron chi connectivity index (χ2n) is 5.36. The summed E-state index contributed by atoms with van der Waals surface area (Å²) < 4.78 is 26.7. The van der Waals surface area contributed by atoms with Gasteiger partial charge in [-0.2, -0.15) is 0 Å². The van der Waals surface area contributed by atoms with Crippen LogP contribution in [0.4, 0.5) is 8.78 Å². The fourth-order valence-corrected chi connectivity index (χ4v) is 2.81. The molecule has 3 rings (SSSR count). The highest BCUT2D eigenvalue weighted by atomic mass is 19.1. The van der Waals surface area contributed by atoms with Crippen molar-refractivity contribution in [2.24, 2.45) is 17.8 Å². The molecule has 1 unspecified atom stereocenters. The third kappa shape index (κ3) is 2.21. The first kappa shape index (κ1) is 11.1. The Labute approximate surface area is 99.5 Å². The Kier molecular flexibility index (Phi) is 2.66. The van der Waals surface area contributed by atoms with Crippen LogP contribution in [0.25, 0.3) is 0 Å². The van der Waals surface area contributed by atoms with Gasteiger partial charge in [-0.15, -0.1) is 0 Å². The fourth-order valence-electron chi connectivity index (χ4n) is 2.81. The monoisotopic (exact) mass is 238 g/mol. The first-order valence-electron chi connectivity index (χ1n) is 6.30. The molecule has 0 spiro atoms. The highest BCUT2D eigenvalue weighted by Crippen LogP contribution is 2.54. The molecule has 0 saturated heterocycles. The summed E-state index contributed by atoms with van der Waals surface area (Å²) in [6, 6.07) is 3.33. The van der Waals surface area contributed by atoms with Gasteiger partial charge in [-0.05, 0) is 61.6 Å². The SMILES string of the molecule is OC(c1cc(F)ccc1F)C(C1CC1)C1CC1. The molecule has 1 N–H and O–H groups in total. The molecule has 0 radical (unpaired) electrons. The number of halogens is 2. The zero-order valence-electron chi connectivity index (χ0n) is 9.57. The number of hydrogen-bond acceptors (Lipinski definition) is 1. The summed E-state index contributed by atoms with van der Waals surface area (Å²) in [6.45, 7) is 0. The number of aliphatic hydroxyl groups is 1. The van der Waals surface area contributed by atoms with Crippen molar-refractivity contribution in [2.45, 2.75) is 31.8 Å². The highest BCUT2D eigenvalue weighted by Gasteiger charge is 2.45. The van der Waals surface area contributed by atoms with Crippen LogP contribution in [0.3, 0.4) is 0 Å².